The molecular formula is C14H14ClN5. The van der Waals surface area contributed by atoms with E-state index in [1.165, 1.54) is 0 Å². The number of hydrogen-bond donors (Lipinski definition) is 2. The molecule has 1 aromatic carbocycles. The number of nitrogens with two attached hydrogens (primary N) is 1. The third-order valence-corrected chi connectivity index (χ3v) is 3.58. The molecule has 0 aliphatic carbocycles. The molecule has 2 heterocycles. The lowest BCUT2D eigenvalue weighted by Gasteiger charge is -2.17. The number of fused-ring (bicyclic) bond motifs is 1. The van der Waals surface area contributed by atoms with Gasteiger partial charge < -0.3 is 0 Å². The summed E-state index contributed by atoms with van der Waals surface area (Å²) in [5.74, 6) is 5.69. The fraction of sp³-hybridized carbons (Fsp3) is 0.143. The van der Waals surface area contributed by atoms with E-state index in [0.717, 1.165) is 22.3 Å². The van der Waals surface area contributed by atoms with Gasteiger partial charge in [-0.25, -0.2) is 5.43 Å². The van der Waals surface area contributed by atoms with E-state index in [9.17, 15) is 0 Å². The van der Waals surface area contributed by atoms with Crippen LogP contribution in [0.25, 0.3) is 10.9 Å². The summed E-state index contributed by atoms with van der Waals surface area (Å²) in [4.78, 5) is 4.64. The molecule has 0 aliphatic rings. The number of hydrogen-bond acceptors (Lipinski definition) is 4. The van der Waals surface area contributed by atoms with Gasteiger partial charge in [-0.1, -0.05) is 35.9 Å². The molecule has 1 atom stereocenters. The van der Waals surface area contributed by atoms with Crippen LogP contribution in [0.4, 0.5) is 0 Å². The van der Waals surface area contributed by atoms with Gasteiger partial charge in [0.1, 0.15) is 6.04 Å². The molecule has 20 heavy (non-hydrogen) atoms. The number of hydrazine groups is 1. The van der Waals surface area contributed by atoms with E-state index in [1.54, 1.807) is 10.9 Å². The molecule has 3 aromatic rings. The Morgan fingerprint density at radius 1 is 1.25 bits per heavy atom. The van der Waals surface area contributed by atoms with Crippen molar-refractivity contribution in [2.45, 2.75) is 6.04 Å². The highest BCUT2D eigenvalue weighted by Crippen LogP contribution is 2.27. The summed E-state index contributed by atoms with van der Waals surface area (Å²) < 4.78 is 1.70. The molecule has 102 valence electrons. The number of pyridine rings is 1. The van der Waals surface area contributed by atoms with Crippen molar-refractivity contribution in [3.05, 3.63) is 59.0 Å². The first kappa shape index (κ1) is 13.1. The summed E-state index contributed by atoms with van der Waals surface area (Å²) in [6.07, 6.45) is 1.60. The number of halogens is 1. The summed E-state index contributed by atoms with van der Waals surface area (Å²) in [5.41, 5.74) is 5.27. The van der Waals surface area contributed by atoms with Gasteiger partial charge in [0.2, 0.25) is 0 Å². The smallest absolute Gasteiger partial charge is 0.106 e. The van der Waals surface area contributed by atoms with Crippen molar-refractivity contribution in [1.82, 2.24) is 20.2 Å². The van der Waals surface area contributed by atoms with Gasteiger partial charge in [0.15, 0.2) is 0 Å². The van der Waals surface area contributed by atoms with Crippen LogP contribution in [-0.4, -0.2) is 14.8 Å². The maximum Gasteiger partial charge on any atom is 0.106 e. The van der Waals surface area contributed by atoms with Crippen molar-refractivity contribution in [3.8, 4) is 0 Å². The minimum absolute atomic E-state index is 0.306. The molecule has 0 saturated carbocycles. The zero-order chi connectivity index (χ0) is 14.1. The van der Waals surface area contributed by atoms with Crippen molar-refractivity contribution in [1.29, 1.82) is 0 Å². The number of para-hydroxylation sites is 1. The maximum absolute atomic E-state index is 6.18. The average Bonchev–Trinajstić information content (AvgIpc) is 2.80. The Kier molecular flexibility index (Phi) is 3.40. The maximum atomic E-state index is 6.18. The lowest BCUT2D eigenvalue weighted by molar-refractivity contribution is 0.565. The topological polar surface area (TPSA) is 68.8 Å². The van der Waals surface area contributed by atoms with E-state index in [1.807, 2.05) is 43.4 Å². The summed E-state index contributed by atoms with van der Waals surface area (Å²) in [5, 5.41) is 5.78. The molecule has 0 amide bonds. The number of aromatic nitrogens is 3. The van der Waals surface area contributed by atoms with Gasteiger partial charge in [0, 0.05) is 12.4 Å². The number of benzene rings is 1. The Hall–Kier alpha value is -1.95. The first-order valence-corrected chi connectivity index (χ1v) is 6.57. The van der Waals surface area contributed by atoms with Crippen LogP contribution in [0.2, 0.25) is 5.02 Å². The fourth-order valence-corrected chi connectivity index (χ4v) is 2.57. The third-order valence-electron chi connectivity index (χ3n) is 3.29. The summed E-state index contributed by atoms with van der Waals surface area (Å²) in [6, 6.07) is 11.6. The summed E-state index contributed by atoms with van der Waals surface area (Å²) in [7, 11) is 1.83. The van der Waals surface area contributed by atoms with Gasteiger partial charge in [0.05, 0.1) is 28.1 Å². The first-order valence-electron chi connectivity index (χ1n) is 6.20. The molecule has 1 unspecified atom stereocenters. The second kappa shape index (κ2) is 5.20. The minimum Gasteiger partial charge on any atom is -0.270 e. The van der Waals surface area contributed by atoms with Crippen LogP contribution in [0, 0.1) is 0 Å². The second-order valence-electron chi connectivity index (χ2n) is 4.53. The fourth-order valence-electron chi connectivity index (χ4n) is 2.29. The zero-order valence-electron chi connectivity index (χ0n) is 10.9. The van der Waals surface area contributed by atoms with Gasteiger partial charge in [0.25, 0.3) is 0 Å². The molecule has 3 N–H and O–H groups in total. The predicted molar refractivity (Wildman–Crippen MR) is 79.1 cm³/mol. The Morgan fingerprint density at radius 3 is 2.75 bits per heavy atom. The SMILES string of the molecule is Cn1ncc(Cl)c1C(NN)c1ccc2ccccc2n1. The highest BCUT2D eigenvalue weighted by Gasteiger charge is 2.21. The standard InChI is InChI=1S/C14H14ClN5/c1-20-14(10(15)8-17-20)13(19-16)12-7-6-9-4-2-3-5-11(9)18-12/h2-8,13,19H,16H2,1H3. The van der Waals surface area contributed by atoms with Crippen molar-refractivity contribution in [2.75, 3.05) is 0 Å². The van der Waals surface area contributed by atoms with E-state index in [-0.39, 0.29) is 6.04 Å². The molecular weight excluding hydrogens is 274 g/mol. The van der Waals surface area contributed by atoms with Gasteiger partial charge in [-0.2, -0.15) is 5.10 Å². The molecule has 0 spiro atoms. The molecule has 0 saturated heterocycles. The molecule has 0 aliphatic heterocycles. The minimum atomic E-state index is -0.306. The third kappa shape index (κ3) is 2.16. The van der Waals surface area contributed by atoms with E-state index in [0.29, 0.717) is 5.02 Å². The summed E-state index contributed by atoms with van der Waals surface area (Å²) >= 11 is 6.18. The first-order chi connectivity index (χ1) is 9.70. The number of aryl methyl sites for hydroxylation is 1. The van der Waals surface area contributed by atoms with Gasteiger partial charge in [-0.15, -0.1) is 0 Å². The zero-order valence-corrected chi connectivity index (χ0v) is 11.7. The van der Waals surface area contributed by atoms with E-state index >= 15 is 0 Å². The Morgan fingerprint density at radius 2 is 2.05 bits per heavy atom. The van der Waals surface area contributed by atoms with Crippen LogP contribution in [0.3, 0.4) is 0 Å². The number of rotatable bonds is 3. The van der Waals surface area contributed by atoms with Crippen LogP contribution < -0.4 is 11.3 Å². The lowest BCUT2D eigenvalue weighted by Crippen LogP contribution is -2.31. The molecule has 0 radical (unpaired) electrons. The van der Waals surface area contributed by atoms with Gasteiger partial charge >= 0.3 is 0 Å². The average molecular weight is 288 g/mol. The highest BCUT2D eigenvalue weighted by molar-refractivity contribution is 6.31. The molecule has 0 bridgehead atoms. The van der Waals surface area contributed by atoms with Crippen LogP contribution in [-0.2, 0) is 7.05 Å². The van der Waals surface area contributed by atoms with E-state index in [2.05, 4.69) is 15.5 Å². The van der Waals surface area contributed by atoms with Gasteiger partial charge in [-0.3, -0.25) is 15.5 Å². The molecule has 5 nitrogen and oxygen atoms in total. The number of nitrogens with one attached hydrogen (secondary N) is 1. The highest BCUT2D eigenvalue weighted by atomic mass is 35.5. The molecule has 0 fully saturated rings. The van der Waals surface area contributed by atoms with Crippen LogP contribution in [0.5, 0.6) is 0 Å². The van der Waals surface area contributed by atoms with Crippen molar-refractivity contribution >= 4 is 22.5 Å². The van der Waals surface area contributed by atoms with Crippen molar-refractivity contribution < 1.29 is 0 Å². The second-order valence-corrected chi connectivity index (χ2v) is 4.94. The quantitative estimate of drug-likeness (QED) is 0.572. The molecule has 2 aromatic heterocycles. The van der Waals surface area contributed by atoms with E-state index in [4.69, 9.17) is 17.4 Å². The van der Waals surface area contributed by atoms with Crippen LogP contribution >= 0.6 is 11.6 Å². The Bertz CT molecular complexity index is 733. The Labute approximate surface area is 121 Å². The predicted octanol–water partition coefficient (Wildman–Crippen LogP) is 2.17. The molecule has 6 heteroatoms. The molecule has 3 rings (SSSR count). The van der Waals surface area contributed by atoms with Crippen LogP contribution in [0.15, 0.2) is 42.6 Å². The normalized spacial score (nSPS) is 12.8. The van der Waals surface area contributed by atoms with Crippen molar-refractivity contribution in [2.24, 2.45) is 12.9 Å². The Balaban J connectivity index is 2.12. The monoisotopic (exact) mass is 287 g/mol. The lowest BCUT2D eigenvalue weighted by atomic mass is 10.1. The van der Waals surface area contributed by atoms with Crippen molar-refractivity contribution in [3.63, 3.8) is 0 Å². The summed E-state index contributed by atoms with van der Waals surface area (Å²) in [6.45, 7) is 0. The van der Waals surface area contributed by atoms with E-state index < -0.39 is 0 Å². The largest absolute Gasteiger partial charge is 0.270 e. The van der Waals surface area contributed by atoms with Gasteiger partial charge in [-0.05, 0) is 12.1 Å². The number of nitrogens with zero attached hydrogens (tertiary/aromatic N) is 3. The van der Waals surface area contributed by atoms with Crippen LogP contribution in [0.1, 0.15) is 17.4 Å².